The van der Waals surface area contributed by atoms with Gasteiger partial charge in [0.15, 0.2) is 0 Å². The van der Waals surface area contributed by atoms with Crippen LogP contribution >= 0.6 is 0 Å². The summed E-state index contributed by atoms with van der Waals surface area (Å²) in [5.74, 6) is 6.62. The molecule has 1 aromatic heterocycles. The second-order valence-corrected chi connectivity index (χ2v) is 9.57. The van der Waals surface area contributed by atoms with Gasteiger partial charge in [-0.3, -0.25) is 9.59 Å². The Morgan fingerprint density at radius 2 is 2.13 bits per heavy atom. The van der Waals surface area contributed by atoms with Crippen molar-refractivity contribution in [1.82, 2.24) is 25.1 Å². The SMILES string of the molecule is CCCNc1nc(Nc2cccc(F)c2)ncc1C#CCCCNC(=O)[C@H]1CCCN1C(=O)C=CCN(C)C. The van der Waals surface area contributed by atoms with Gasteiger partial charge in [-0.25, -0.2) is 9.37 Å². The third-order valence-corrected chi connectivity index (χ3v) is 5.98. The summed E-state index contributed by atoms with van der Waals surface area (Å²) < 4.78 is 13.5. The summed E-state index contributed by atoms with van der Waals surface area (Å²) in [6.07, 6.45) is 8.69. The van der Waals surface area contributed by atoms with Crippen LogP contribution in [0.25, 0.3) is 0 Å². The van der Waals surface area contributed by atoms with Gasteiger partial charge >= 0.3 is 0 Å². The first-order valence-corrected chi connectivity index (χ1v) is 13.4. The molecule has 1 fully saturated rings. The number of halogens is 1. The molecule has 208 valence electrons. The Labute approximate surface area is 230 Å². The van der Waals surface area contributed by atoms with Gasteiger partial charge < -0.3 is 25.8 Å². The maximum Gasteiger partial charge on any atom is 0.246 e. The molecule has 0 aliphatic carbocycles. The fourth-order valence-electron chi connectivity index (χ4n) is 4.03. The maximum atomic E-state index is 13.5. The van der Waals surface area contributed by atoms with Crippen LogP contribution in [0.1, 0.15) is 44.6 Å². The van der Waals surface area contributed by atoms with E-state index in [1.54, 1.807) is 29.3 Å². The first-order chi connectivity index (χ1) is 18.9. The number of carbonyl (C=O) groups excluding carboxylic acids is 2. The molecule has 1 aliphatic heterocycles. The van der Waals surface area contributed by atoms with Crippen molar-refractivity contribution >= 4 is 29.3 Å². The van der Waals surface area contributed by atoms with Crippen molar-refractivity contribution in [1.29, 1.82) is 0 Å². The van der Waals surface area contributed by atoms with Gasteiger partial charge in [0.05, 0.1) is 11.8 Å². The van der Waals surface area contributed by atoms with E-state index in [4.69, 9.17) is 0 Å². The molecule has 0 saturated carbocycles. The lowest BCUT2D eigenvalue weighted by Gasteiger charge is -2.22. The highest BCUT2D eigenvalue weighted by Gasteiger charge is 2.32. The third-order valence-electron chi connectivity index (χ3n) is 5.98. The average Bonchev–Trinajstić information content (AvgIpc) is 3.40. The lowest BCUT2D eigenvalue weighted by Crippen LogP contribution is -2.45. The van der Waals surface area contributed by atoms with Crippen molar-refractivity contribution in [3.8, 4) is 11.8 Å². The largest absolute Gasteiger partial charge is 0.369 e. The highest BCUT2D eigenvalue weighted by molar-refractivity contribution is 5.93. The van der Waals surface area contributed by atoms with E-state index in [1.807, 2.05) is 25.1 Å². The Hall–Kier alpha value is -3.97. The lowest BCUT2D eigenvalue weighted by molar-refractivity contribution is -0.135. The number of carbonyl (C=O) groups is 2. The summed E-state index contributed by atoms with van der Waals surface area (Å²) in [6.45, 7) is 4.54. The number of hydrogen-bond donors (Lipinski definition) is 3. The van der Waals surface area contributed by atoms with Crippen LogP contribution in [0.3, 0.4) is 0 Å². The number of hydrogen-bond acceptors (Lipinski definition) is 7. The van der Waals surface area contributed by atoms with Crippen LogP contribution in [-0.4, -0.2) is 77.9 Å². The molecule has 3 N–H and O–H groups in total. The van der Waals surface area contributed by atoms with Gasteiger partial charge in [0.1, 0.15) is 17.7 Å². The van der Waals surface area contributed by atoms with Crippen LogP contribution in [0.5, 0.6) is 0 Å². The number of nitrogens with zero attached hydrogens (tertiary/aromatic N) is 4. The summed E-state index contributed by atoms with van der Waals surface area (Å²) in [4.78, 5) is 37.6. The number of unbranched alkanes of at least 4 members (excludes halogenated alkanes) is 1. The topological polar surface area (TPSA) is 102 Å². The van der Waals surface area contributed by atoms with E-state index < -0.39 is 6.04 Å². The van der Waals surface area contributed by atoms with Gasteiger partial charge in [-0.1, -0.05) is 30.9 Å². The van der Waals surface area contributed by atoms with Gasteiger partial charge in [0.2, 0.25) is 17.8 Å². The van der Waals surface area contributed by atoms with Crippen LogP contribution in [0.2, 0.25) is 0 Å². The maximum absolute atomic E-state index is 13.5. The van der Waals surface area contributed by atoms with Crippen molar-refractivity contribution in [3.63, 3.8) is 0 Å². The van der Waals surface area contributed by atoms with Crippen molar-refractivity contribution in [2.75, 3.05) is 50.9 Å². The molecule has 3 rings (SSSR count). The minimum Gasteiger partial charge on any atom is -0.369 e. The van der Waals surface area contributed by atoms with Gasteiger partial charge in [-0.15, -0.1) is 0 Å². The summed E-state index contributed by atoms with van der Waals surface area (Å²) in [7, 11) is 3.87. The molecular weight excluding hydrogens is 497 g/mol. The van der Waals surface area contributed by atoms with E-state index in [0.29, 0.717) is 61.9 Å². The molecule has 0 bridgehead atoms. The molecule has 10 heteroatoms. The predicted octanol–water partition coefficient (Wildman–Crippen LogP) is 3.54. The number of amides is 2. The first-order valence-electron chi connectivity index (χ1n) is 13.4. The molecular formula is C29H38FN7O2. The highest BCUT2D eigenvalue weighted by atomic mass is 19.1. The zero-order chi connectivity index (χ0) is 28.0. The van der Waals surface area contributed by atoms with E-state index in [0.717, 1.165) is 19.4 Å². The second-order valence-electron chi connectivity index (χ2n) is 9.57. The number of rotatable bonds is 12. The van der Waals surface area contributed by atoms with E-state index in [1.165, 1.54) is 12.1 Å². The molecule has 1 saturated heterocycles. The molecule has 1 atom stereocenters. The molecule has 39 heavy (non-hydrogen) atoms. The number of nitrogens with one attached hydrogen (secondary N) is 3. The van der Waals surface area contributed by atoms with Crippen LogP contribution < -0.4 is 16.0 Å². The Bertz CT molecular complexity index is 1210. The van der Waals surface area contributed by atoms with Crippen LogP contribution in [0.4, 0.5) is 21.8 Å². The predicted molar refractivity (Wildman–Crippen MR) is 152 cm³/mol. The molecule has 0 radical (unpaired) electrons. The zero-order valence-electron chi connectivity index (χ0n) is 23.0. The molecule has 2 aromatic rings. The van der Waals surface area contributed by atoms with Gasteiger partial charge in [-0.05, 0) is 58.0 Å². The second kappa shape index (κ2) is 15.4. The Balaban J connectivity index is 1.50. The molecule has 9 nitrogen and oxygen atoms in total. The summed E-state index contributed by atoms with van der Waals surface area (Å²) in [5.41, 5.74) is 1.22. The first kappa shape index (κ1) is 29.6. The molecule has 0 unspecified atom stereocenters. The summed E-state index contributed by atoms with van der Waals surface area (Å²) in [6, 6.07) is 5.69. The minimum atomic E-state index is -0.420. The van der Waals surface area contributed by atoms with Crippen molar-refractivity contribution in [2.45, 2.75) is 45.1 Å². The normalized spacial score (nSPS) is 14.8. The van der Waals surface area contributed by atoms with E-state index >= 15 is 0 Å². The highest BCUT2D eigenvalue weighted by Crippen LogP contribution is 2.19. The van der Waals surface area contributed by atoms with Crippen molar-refractivity contribution < 1.29 is 14.0 Å². The molecule has 2 amide bonds. The number of likely N-dealkylation sites (N-methyl/N-ethyl adjacent to an activating group) is 1. The fraction of sp³-hybridized carbons (Fsp3) is 0.448. The Kier molecular flexibility index (Phi) is 11.7. The van der Waals surface area contributed by atoms with Crippen LogP contribution in [0.15, 0.2) is 42.6 Å². The van der Waals surface area contributed by atoms with E-state index in [-0.39, 0.29) is 17.6 Å². The van der Waals surface area contributed by atoms with Crippen molar-refractivity contribution in [2.24, 2.45) is 0 Å². The number of benzene rings is 1. The average molecular weight is 536 g/mol. The number of aromatic nitrogens is 2. The minimum absolute atomic E-state index is 0.115. The third kappa shape index (κ3) is 9.69. The number of anilines is 3. The van der Waals surface area contributed by atoms with Gasteiger partial charge in [0, 0.05) is 44.4 Å². The standard InChI is InChI=1S/C29H38FN7O2/c1-4-16-31-27-22(21-33-29(35-27)34-24-13-8-12-23(30)20-24)11-6-5-7-17-32-28(39)25-14-9-19-37(25)26(38)15-10-18-36(2)3/h8,10,12-13,15,20-21,25H,4-5,7,9,14,16-19H2,1-3H3,(H,32,39)(H2,31,33,34,35)/t25-/m1/s1. The van der Waals surface area contributed by atoms with E-state index in [9.17, 15) is 14.0 Å². The van der Waals surface area contributed by atoms with Crippen LogP contribution in [-0.2, 0) is 9.59 Å². The Morgan fingerprint density at radius 3 is 2.90 bits per heavy atom. The van der Waals surface area contributed by atoms with Gasteiger partial charge in [-0.2, -0.15) is 4.98 Å². The van der Waals surface area contributed by atoms with Gasteiger partial charge in [0.25, 0.3) is 0 Å². The van der Waals surface area contributed by atoms with Crippen LogP contribution in [0, 0.1) is 17.7 Å². The zero-order valence-corrected chi connectivity index (χ0v) is 23.0. The molecule has 0 spiro atoms. The summed E-state index contributed by atoms with van der Waals surface area (Å²) in [5, 5.41) is 9.23. The Morgan fingerprint density at radius 1 is 1.28 bits per heavy atom. The summed E-state index contributed by atoms with van der Waals surface area (Å²) >= 11 is 0. The molecule has 2 heterocycles. The number of likely N-dealkylation sites (tertiary alicyclic amines) is 1. The molecule has 1 aliphatic rings. The fourth-order valence-corrected chi connectivity index (χ4v) is 4.03. The van der Waals surface area contributed by atoms with E-state index in [2.05, 4.69) is 44.7 Å². The monoisotopic (exact) mass is 535 g/mol. The lowest BCUT2D eigenvalue weighted by atomic mass is 10.2. The molecule has 1 aromatic carbocycles. The smallest absolute Gasteiger partial charge is 0.246 e. The van der Waals surface area contributed by atoms with Crippen molar-refractivity contribution in [3.05, 3.63) is 54.0 Å². The quantitative estimate of drug-likeness (QED) is 0.217.